The predicted octanol–water partition coefficient (Wildman–Crippen LogP) is 7.37. The zero-order chi connectivity index (χ0) is 24.9. The topological polar surface area (TPSA) is 71.8 Å². The second-order valence-electron chi connectivity index (χ2n) is 8.15. The second kappa shape index (κ2) is 11.2. The lowest BCUT2D eigenvalue weighted by molar-refractivity contribution is 0.249. The molecule has 3 aromatic carbocycles. The van der Waals surface area contributed by atoms with Gasteiger partial charge in [-0.3, -0.25) is 4.57 Å². The maximum absolute atomic E-state index is 12.7. The normalized spacial score (nSPS) is 11.8. The van der Waals surface area contributed by atoms with Crippen molar-refractivity contribution in [1.82, 2.24) is 20.1 Å². The summed E-state index contributed by atoms with van der Waals surface area (Å²) in [6.45, 7) is 6.01. The summed E-state index contributed by atoms with van der Waals surface area (Å²) in [6.07, 6.45) is 0. The molecule has 0 radical (unpaired) electrons. The third-order valence-corrected chi connectivity index (χ3v) is 7.30. The summed E-state index contributed by atoms with van der Waals surface area (Å²) in [6, 6.07) is 20.6. The molecule has 2 amide bonds. The lowest BCUT2D eigenvalue weighted by Crippen LogP contribution is -2.32. The van der Waals surface area contributed by atoms with Crippen LogP contribution in [0.5, 0.6) is 0 Å². The van der Waals surface area contributed by atoms with Crippen LogP contribution in [0.15, 0.2) is 71.9 Å². The summed E-state index contributed by atoms with van der Waals surface area (Å²) in [5.74, 6) is 1.38. The van der Waals surface area contributed by atoms with E-state index in [0.29, 0.717) is 16.5 Å². The Kier molecular flexibility index (Phi) is 8.00. The number of benzene rings is 3. The Labute approximate surface area is 219 Å². The Balaban J connectivity index is 1.58. The van der Waals surface area contributed by atoms with E-state index in [2.05, 4.69) is 39.9 Å². The first-order chi connectivity index (χ1) is 16.8. The number of aryl methyl sites for hydroxylation is 2. The molecular weight excluding hydrogens is 501 g/mol. The van der Waals surface area contributed by atoms with Crippen molar-refractivity contribution in [2.45, 2.75) is 37.7 Å². The van der Waals surface area contributed by atoms with Gasteiger partial charge in [-0.25, -0.2) is 4.79 Å². The summed E-state index contributed by atoms with van der Waals surface area (Å²) in [4.78, 5) is 12.7. The van der Waals surface area contributed by atoms with Crippen LogP contribution in [0, 0.1) is 13.8 Å². The Morgan fingerprint density at radius 2 is 1.74 bits per heavy atom. The number of rotatable bonds is 7. The molecule has 4 rings (SSSR count). The Bertz CT molecular complexity index is 1340. The van der Waals surface area contributed by atoms with Gasteiger partial charge in [-0.1, -0.05) is 83.0 Å². The number of carbonyl (C=O) groups is 1. The minimum atomic E-state index is -0.436. The molecule has 180 valence electrons. The van der Waals surface area contributed by atoms with E-state index >= 15 is 0 Å². The summed E-state index contributed by atoms with van der Waals surface area (Å²) in [7, 11) is 0. The first-order valence-electron chi connectivity index (χ1n) is 11.0. The van der Waals surface area contributed by atoms with Gasteiger partial charge >= 0.3 is 6.03 Å². The number of thioether (sulfide) groups is 1. The Morgan fingerprint density at radius 1 is 1.00 bits per heavy atom. The maximum atomic E-state index is 12.7. The van der Waals surface area contributed by atoms with Gasteiger partial charge in [0.25, 0.3) is 0 Å². The minimum Gasteiger partial charge on any atom is -0.328 e. The molecule has 4 aromatic rings. The Hall–Kier alpha value is -3.00. The number of urea groups is 1. The van der Waals surface area contributed by atoms with Gasteiger partial charge < -0.3 is 10.6 Å². The molecule has 0 spiro atoms. The molecule has 35 heavy (non-hydrogen) atoms. The van der Waals surface area contributed by atoms with Crippen LogP contribution in [-0.4, -0.2) is 20.8 Å². The number of nitrogens with one attached hydrogen (secondary N) is 2. The van der Waals surface area contributed by atoms with Gasteiger partial charge in [0, 0.05) is 11.4 Å². The lowest BCUT2D eigenvalue weighted by atomic mass is 10.1. The highest BCUT2D eigenvalue weighted by Crippen LogP contribution is 2.30. The SMILES string of the molecule is Cc1ccc(-n2c(SCc3ccccc3C)nnc2C(C)NC(=O)Nc2cccc(Cl)c2Cl)cc1. The Morgan fingerprint density at radius 3 is 2.49 bits per heavy atom. The van der Waals surface area contributed by atoms with E-state index in [4.69, 9.17) is 23.2 Å². The standard InChI is InChI=1S/C26H25Cl2N5OS/c1-16-11-13-20(14-12-16)33-24(31-32-26(33)35-15-19-8-5-4-7-17(19)2)18(3)29-25(34)30-22-10-6-9-21(27)23(22)28/h4-14,18H,15H2,1-3H3,(H2,29,30,34). The van der Waals surface area contributed by atoms with Gasteiger partial charge in [-0.15, -0.1) is 10.2 Å². The largest absolute Gasteiger partial charge is 0.328 e. The summed E-state index contributed by atoms with van der Waals surface area (Å²) in [5.41, 5.74) is 4.98. The van der Waals surface area contributed by atoms with Gasteiger partial charge in [-0.05, 0) is 56.2 Å². The number of amides is 2. The third kappa shape index (κ3) is 5.99. The molecule has 9 heteroatoms. The number of carbonyl (C=O) groups excluding carboxylic acids is 1. The summed E-state index contributed by atoms with van der Waals surface area (Å²) < 4.78 is 1.99. The fraction of sp³-hybridized carbons (Fsp3) is 0.192. The smallest absolute Gasteiger partial charge is 0.319 e. The molecule has 2 N–H and O–H groups in total. The lowest BCUT2D eigenvalue weighted by Gasteiger charge is -2.17. The molecule has 1 aromatic heterocycles. The summed E-state index contributed by atoms with van der Waals surface area (Å²) >= 11 is 13.9. The molecule has 0 bridgehead atoms. The van der Waals surface area contributed by atoms with Gasteiger partial charge in [0.15, 0.2) is 11.0 Å². The first-order valence-corrected chi connectivity index (χ1v) is 12.8. The van der Waals surface area contributed by atoms with E-state index < -0.39 is 12.1 Å². The quantitative estimate of drug-likeness (QED) is 0.247. The predicted molar refractivity (Wildman–Crippen MR) is 144 cm³/mol. The molecule has 1 heterocycles. The zero-order valence-corrected chi connectivity index (χ0v) is 21.9. The van der Waals surface area contributed by atoms with Crippen LogP contribution in [-0.2, 0) is 5.75 Å². The van der Waals surface area contributed by atoms with E-state index in [-0.39, 0.29) is 5.02 Å². The molecule has 1 atom stereocenters. The highest BCUT2D eigenvalue weighted by molar-refractivity contribution is 7.98. The monoisotopic (exact) mass is 525 g/mol. The van der Waals surface area contributed by atoms with Crippen LogP contribution in [0.1, 0.15) is 35.5 Å². The van der Waals surface area contributed by atoms with Gasteiger partial charge in [0.05, 0.1) is 21.8 Å². The molecule has 6 nitrogen and oxygen atoms in total. The maximum Gasteiger partial charge on any atom is 0.319 e. The highest BCUT2D eigenvalue weighted by Gasteiger charge is 2.22. The number of hydrogen-bond donors (Lipinski definition) is 2. The van der Waals surface area contributed by atoms with Crippen molar-refractivity contribution in [3.8, 4) is 5.69 Å². The van der Waals surface area contributed by atoms with Crippen LogP contribution in [0.2, 0.25) is 10.0 Å². The summed E-state index contributed by atoms with van der Waals surface area (Å²) in [5, 5.41) is 16.0. The van der Waals surface area contributed by atoms with E-state index in [9.17, 15) is 4.79 Å². The van der Waals surface area contributed by atoms with Gasteiger partial charge in [0.2, 0.25) is 0 Å². The molecule has 0 aliphatic heterocycles. The van der Waals surface area contributed by atoms with Gasteiger partial charge in [-0.2, -0.15) is 0 Å². The molecule has 0 saturated carbocycles. The van der Waals surface area contributed by atoms with Crippen LogP contribution >= 0.6 is 35.0 Å². The third-order valence-electron chi connectivity index (χ3n) is 5.50. The van der Waals surface area contributed by atoms with Crippen LogP contribution in [0.4, 0.5) is 10.5 Å². The minimum absolute atomic E-state index is 0.287. The van der Waals surface area contributed by atoms with E-state index in [1.807, 2.05) is 54.8 Å². The van der Waals surface area contributed by atoms with Crippen molar-refractivity contribution in [3.63, 3.8) is 0 Å². The van der Waals surface area contributed by atoms with E-state index in [1.165, 1.54) is 11.1 Å². The fourth-order valence-corrected chi connectivity index (χ4v) is 4.91. The molecule has 1 unspecified atom stereocenters. The number of halogens is 2. The van der Waals surface area contributed by atoms with Gasteiger partial charge in [0.1, 0.15) is 0 Å². The average molecular weight is 526 g/mol. The number of nitrogens with zero attached hydrogens (tertiary/aromatic N) is 3. The van der Waals surface area contributed by atoms with Crippen molar-refractivity contribution < 1.29 is 4.79 Å². The van der Waals surface area contributed by atoms with Crippen molar-refractivity contribution in [1.29, 1.82) is 0 Å². The zero-order valence-electron chi connectivity index (χ0n) is 19.5. The van der Waals surface area contributed by atoms with Crippen molar-refractivity contribution in [3.05, 3.63) is 99.3 Å². The number of anilines is 1. The molecule has 0 fully saturated rings. The fourth-order valence-electron chi connectivity index (χ4n) is 3.53. The van der Waals surface area contributed by atoms with Crippen LogP contribution in [0.3, 0.4) is 0 Å². The number of hydrogen-bond acceptors (Lipinski definition) is 4. The van der Waals surface area contributed by atoms with Crippen LogP contribution < -0.4 is 10.6 Å². The van der Waals surface area contributed by atoms with Crippen LogP contribution in [0.25, 0.3) is 5.69 Å². The van der Waals surface area contributed by atoms with Crippen molar-refractivity contribution >= 4 is 46.7 Å². The molecular formula is C26H25Cl2N5OS. The van der Waals surface area contributed by atoms with Crippen molar-refractivity contribution in [2.24, 2.45) is 0 Å². The molecule has 0 saturated heterocycles. The van der Waals surface area contributed by atoms with E-state index in [1.54, 1.807) is 30.0 Å². The first kappa shape index (κ1) is 25.1. The average Bonchev–Trinajstić information content (AvgIpc) is 3.26. The molecule has 0 aliphatic carbocycles. The second-order valence-corrected chi connectivity index (χ2v) is 9.88. The highest BCUT2D eigenvalue weighted by atomic mass is 35.5. The van der Waals surface area contributed by atoms with Crippen molar-refractivity contribution in [2.75, 3.05) is 5.32 Å². The van der Waals surface area contributed by atoms with E-state index in [0.717, 1.165) is 22.2 Å². The molecule has 0 aliphatic rings. The number of aromatic nitrogens is 3.